The van der Waals surface area contributed by atoms with Gasteiger partial charge in [0.2, 0.25) is 5.95 Å². The first-order chi connectivity index (χ1) is 14.9. The topological polar surface area (TPSA) is 205 Å². The minimum atomic E-state index is -1.42. The van der Waals surface area contributed by atoms with Crippen LogP contribution in [0.2, 0.25) is 0 Å². The summed E-state index contributed by atoms with van der Waals surface area (Å²) < 4.78 is 8.78. The number of hydrazone groups is 1. The van der Waals surface area contributed by atoms with Crippen LogP contribution >= 0.6 is 0 Å². The van der Waals surface area contributed by atoms with Gasteiger partial charge in [0.05, 0.1) is 30.8 Å². The summed E-state index contributed by atoms with van der Waals surface area (Å²) in [5.41, 5.74) is 15.3. The van der Waals surface area contributed by atoms with Gasteiger partial charge in [-0.15, -0.1) is 0 Å². The van der Waals surface area contributed by atoms with Crippen LogP contribution in [-0.4, -0.2) is 76.1 Å². The third kappa shape index (κ3) is 3.84. The molecular weight excluding hydrogens is 408 g/mol. The zero-order valence-electron chi connectivity index (χ0n) is 16.5. The van der Waals surface area contributed by atoms with Gasteiger partial charge in [-0.1, -0.05) is 0 Å². The molecule has 4 atom stereocenters. The first-order valence-electron chi connectivity index (χ1n) is 9.40. The van der Waals surface area contributed by atoms with Gasteiger partial charge in [-0.25, -0.2) is 15.4 Å². The number of carbonyl (C=O) groups is 1. The molecular formula is C17H22N10O4. The number of aliphatic hydroxyl groups is 2. The van der Waals surface area contributed by atoms with Crippen molar-refractivity contribution in [1.29, 1.82) is 0 Å². The molecule has 1 aliphatic heterocycles. The van der Waals surface area contributed by atoms with Crippen molar-refractivity contribution in [2.45, 2.75) is 31.0 Å². The van der Waals surface area contributed by atoms with Crippen molar-refractivity contribution in [3.8, 4) is 0 Å². The molecule has 164 valence electrons. The van der Waals surface area contributed by atoms with Gasteiger partial charge in [-0.3, -0.25) is 9.36 Å². The van der Waals surface area contributed by atoms with Gasteiger partial charge < -0.3 is 31.0 Å². The lowest BCUT2D eigenvalue weighted by Crippen LogP contribution is -2.36. The average molecular weight is 430 g/mol. The summed E-state index contributed by atoms with van der Waals surface area (Å²) in [6.45, 7) is 0.109. The predicted octanol–water partition coefficient (Wildman–Crippen LogP) is -1.87. The number of aromatic nitrogens is 6. The number of carbonyl (C=O) groups excluding carboxylic acids is 1. The summed E-state index contributed by atoms with van der Waals surface area (Å²) in [4.78, 5) is 28.7. The van der Waals surface area contributed by atoms with Gasteiger partial charge in [0, 0.05) is 13.5 Å². The van der Waals surface area contributed by atoms with Crippen LogP contribution in [0.5, 0.6) is 0 Å². The molecule has 0 amide bonds. The Bertz CT molecular complexity index is 1130. The fraction of sp³-hybridized carbons (Fsp3) is 0.412. The minimum Gasteiger partial charge on any atom is -0.387 e. The van der Waals surface area contributed by atoms with E-state index in [0.717, 1.165) is 5.69 Å². The molecule has 0 spiro atoms. The number of nitrogens with zero attached hydrogens (tertiary/aromatic N) is 7. The number of aryl methyl sites for hydroxylation is 1. The SMILES string of the molecule is Cn1cncc1/C=N/Nc1nc(N)c2ncn([C@@H]3O[C@H](C(=O)CCN)[C@@H](O)[C@H]3O)c2n1. The molecule has 0 radical (unpaired) electrons. The molecule has 14 nitrogen and oxygen atoms in total. The molecule has 0 saturated carbocycles. The normalized spacial score (nSPS) is 23.7. The van der Waals surface area contributed by atoms with Gasteiger partial charge in [-0.2, -0.15) is 15.1 Å². The molecule has 14 heteroatoms. The highest BCUT2D eigenvalue weighted by Crippen LogP contribution is 2.33. The fourth-order valence-electron chi connectivity index (χ4n) is 3.26. The summed E-state index contributed by atoms with van der Waals surface area (Å²) in [7, 11) is 1.82. The molecule has 3 aromatic rings. The Morgan fingerprint density at radius 1 is 1.35 bits per heavy atom. The van der Waals surface area contributed by atoms with Crippen molar-refractivity contribution in [3.05, 3.63) is 24.5 Å². The summed E-state index contributed by atoms with van der Waals surface area (Å²) in [6, 6.07) is 0. The molecule has 4 heterocycles. The molecule has 0 aliphatic carbocycles. The van der Waals surface area contributed by atoms with Gasteiger partial charge >= 0.3 is 0 Å². The second kappa shape index (κ2) is 8.35. The van der Waals surface area contributed by atoms with Crippen LogP contribution in [0.3, 0.4) is 0 Å². The van der Waals surface area contributed by atoms with E-state index in [2.05, 4.69) is 30.5 Å². The molecule has 1 saturated heterocycles. The van der Waals surface area contributed by atoms with Crippen molar-refractivity contribution in [3.63, 3.8) is 0 Å². The molecule has 0 bridgehead atoms. The molecule has 7 N–H and O–H groups in total. The number of aliphatic hydroxyl groups excluding tert-OH is 2. The number of nitrogens with two attached hydrogens (primary N) is 2. The number of imidazole rings is 2. The Morgan fingerprint density at radius 3 is 2.87 bits per heavy atom. The van der Waals surface area contributed by atoms with Crippen LogP contribution in [0.25, 0.3) is 11.2 Å². The number of ketones is 1. The highest BCUT2D eigenvalue weighted by molar-refractivity contribution is 5.85. The maximum Gasteiger partial charge on any atom is 0.247 e. The first-order valence-corrected chi connectivity index (χ1v) is 9.40. The Labute approximate surface area is 175 Å². The van der Waals surface area contributed by atoms with E-state index in [9.17, 15) is 15.0 Å². The number of hydrogen-bond donors (Lipinski definition) is 5. The fourth-order valence-corrected chi connectivity index (χ4v) is 3.26. The van der Waals surface area contributed by atoms with Crippen molar-refractivity contribution in [2.75, 3.05) is 17.7 Å². The van der Waals surface area contributed by atoms with E-state index in [0.29, 0.717) is 0 Å². The van der Waals surface area contributed by atoms with Gasteiger partial charge in [0.25, 0.3) is 0 Å². The van der Waals surface area contributed by atoms with Crippen LogP contribution in [0, 0.1) is 0 Å². The van der Waals surface area contributed by atoms with Crippen LogP contribution < -0.4 is 16.9 Å². The predicted molar refractivity (Wildman–Crippen MR) is 109 cm³/mol. The van der Waals surface area contributed by atoms with E-state index < -0.39 is 30.3 Å². The molecule has 0 aromatic carbocycles. The van der Waals surface area contributed by atoms with Crippen LogP contribution in [0.4, 0.5) is 11.8 Å². The van der Waals surface area contributed by atoms with Crippen molar-refractivity contribution >= 4 is 34.9 Å². The Kier molecular flexibility index (Phi) is 5.60. The molecule has 0 unspecified atom stereocenters. The number of Topliss-reactive ketones (excluding diaryl/α,β-unsaturated/α-hetero) is 1. The zero-order chi connectivity index (χ0) is 22.1. The number of hydrogen-bond acceptors (Lipinski definition) is 12. The Morgan fingerprint density at radius 2 is 2.16 bits per heavy atom. The smallest absolute Gasteiger partial charge is 0.247 e. The lowest BCUT2D eigenvalue weighted by molar-refractivity contribution is -0.135. The molecule has 3 aromatic heterocycles. The van der Waals surface area contributed by atoms with Crippen LogP contribution in [0.15, 0.2) is 24.0 Å². The first kappa shape index (κ1) is 20.8. The third-order valence-electron chi connectivity index (χ3n) is 4.88. The largest absolute Gasteiger partial charge is 0.387 e. The summed E-state index contributed by atoms with van der Waals surface area (Å²) >= 11 is 0. The van der Waals surface area contributed by atoms with Gasteiger partial charge in [-0.05, 0) is 6.54 Å². The van der Waals surface area contributed by atoms with Crippen molar-refractivity contribution in [1.82, 2.24) is 29.1 Å². The van der Waals surface area contributed by atoms with E-state index in [1.165, 1.54) is 17.1 Å². The van der Waals surface area contributed by atoms with Crippen molar-refractivity contribution < 1.29 is 19.7 Å². The maximum atomic E-state index is 12.1. The second-order valence-corrected chi connectivity index (χ2v) is 6.99. The molecule has 4 rings (SSSR count). The monoisotopic (exact) mass is 430 g/mol. The van der Waals surface area contributed by atoms with E-state index in [4.69, 9.17) is 16.2 Å². The third-order valence-corrected chi connectivity index (χ3v) is 4.88. The number of ether oxygens (including phenoxy) is 1. The molecule has 1 aliphatic rings. The summed E-state index contributed by atoms with van der Waals surface area (Å²) in [5.74, 6) is -0.248. The number of nitrogens with one attached hydrogen (secondary N) is 1. The zero-order valence-corrected chi connectivity index (χ0v) is 16.5. The van der Waals surface area contributed by atoms with E-state index >= 15 is 0 Å². The number of fused-ring (bicyclic) bond motifs is 1. The molecule has 1 fully saturated rings. The molecule has 31 heavy (non-hydrogen) atoms. The highest BCUT2D eigenvalue weighted by Gasteiger charge is 2.47. The summed E-state index contributed by atoms with van der Waals surface area (Å²) in [5, 5.41) is 24.8. The summed E-state index contributed by atoms with van der Waals surface area (Å²) in [6.07, 6.45) is 1.04. The van der Waals surface area contributed by atoms with Crippen LogP contribution in [0.1, 0.15) is 18.3 Å². The standard InChI is InChI=1S/C17H22N10O4/c1-26-6-20-4-8(26)5-22-25-17-23-14(19)10-15(24-17)27(7-21-10)16-12(30)11(29)13(31-16)9(28)2-3-18/h4-7,11-13,16,29-30H,2-3,18H2,1H3,(H3,19,23,24,25)/b22-5+/t11-,12+,13+,16+/m0/s1. The van der Waals surface area contributed by atoms with Gasteiger partial charge in [0.1, 0.15) is 23.8 Å². The average Bonchev–Trinajstić information content (AvgIpc) is 3.41. The minimum absolute atomic E-state index is 0.0176. The highest BCUT2D eigenvalue weighted by atomic mass is 16.6. The Balaban J connectivity index is 1.61. The lowest BCUT2D eigenvalue weighted by Gasteiger charge is -2.16. The van der Waals surface area contributed by atoms with E-state index in [1.54, 1.807) is 17.1 Å². The number of rotatable bonds is 7. The quantitative estimate of drug-likeness (QED) is 0.207. The van der Waals surface area contributed by atoms with Crippen LogP contribution in [-0.2, 0) is 16.6 Å². The van der Waals surface area contributed by atoms with Crippen molar-refractivity contribution in [2.24, 2.45) is 17.9 Å². The second-order valence-electron chi connectivity index (χ2n) is 6.99. The lowest BCUT2D eigenvalue weighted by atomic mass is 10.0. The number of nitrogen functional groups attached to an aromatic ring is 1. The Hall–Kier alpha value is -3.46. The number of anilines is 2. The van der Waals surface area contributed by atoms with Gasteiger partial charge in [0.15, 0.2) is 23.5 Å². The maximum absolute atomic E-state index is 12.1. The van der Waals surface area contributed by atoms with E-state index in [-0.39, 0.29) is 35.9 Å². The van der Waals surface area contributed by atoms with E-state index in [1.807, 2.05) is 7.05 Å².